The van der Waals surface area contributed by atoms with Gasteiger partial charge in [0.25, 0.3) is 11.8 Å². The molecule has 0 fully saturated rings. The summed E-state index contributed by atoms with van der Waals surface area (Å²) in [5.74, 6) is -0.839. The molecule has 0 aliphatic carbocycles. The van der Waals surface area contributed by atoms with Crippen molar-refractivity contribution in [3.8, 4) is 0 Å². The number of nitrogens with one attached hydrogen (secondary N) is 2. The largest absolute Gasteiger partial charge is 0.465 e. The minimum absolute atomic E-state index is 0.230. The lowest BCUT2D eigenvalue weighted by atomic mass is 10.1. The quantitative estimate of drug-likeness (QED) is 0.745. The molecular weight excluding hydrogens is 360 g/mol. The molecule has 2 aromatic rings. The van der Waals surface area contributed by atoms with Crippen molar-refractivity contribution in [3.05, 3.63) is 47.0 Å². The van der Waals surface area contributed by atoms with Crippen LogP contribution >= 0.6 is 0 Å². The monoisotopic (exact) mass is 384 g/mol. The summed E-state index contributed by atoms with van der Waals surface area (Å²) in [5, 5.41) is 5.61. The lowest BCUT2D eigenvalue weighted by Crippen LogP contribution is -2.26. The molecule has 0 saturated carbocycles. The first kappa shape index (κ1) is 19.6. The van der Waals surface area contributed by atoms with Gasteiger partial charge in [-0.2, -0.15) is 0 Å². The van der Waals surface area contributed by atoms with Gasteiger partial charge < -0.3 is 19.9 Å². The predicted molar refractivity (Wildman–Crippen MR) is 104 cm³/mol. The van der Waals surface area contributed by atoms with Crippen LogP contribution in [-0.2, 0) is 17.7 Å². The predicted octanol–water partition coefficient (Wildman–Crippen LogP) is 2.40. The maximum Gasteiger partial charge on any atom is 0.337 e. The summed E-state index contributed by atoms with van der Waals surface area (Å²) in [4.78, 5) is 41.1. The maximum absolute atomic E-state index is 12.8. The normalized spacial score (nSPS) is 12.8. The number of hydrogen-bond acceptors (Lipinski definition) is 5. The molecule has 1 aliphatic rings. The van der Waals surface area contributed by atoms with Crippen molar-refractivity contribution in [2.45, 2.75) is 39.2 Å². The van der Waals surface area contributed by atoms with E-state index in [2.05, 4.69) is 20.4 Å². The standard InChI is InChI=1S/C20H24N4O4/c1-3-11-21-18(25)16-15-6-4-5-12-24(15)17(23-16)19(26)22-14-9-7-13(8-10-14)20(27)28-2/h7-10H,3-6,11-12H2,1-2H3,(H,21,25)(H,22,26). The number of amides is 2. The van der Waals surface area contributed by atoms with Crippen molar-refractivity contribution >= 4 is 23.5 Å². The van der Waals surface area contributed by atoms with Crippen LogP contribution in [0.25, 0.3) is 0 Å². The second kappa shape index (κ2) is 8.69. The van der Waals surface area contributed by atoms with E-state index in [1.165, 1.54) is 7.11 Å². The highest BCUT2D eigenvalue weighted by molar-refractivity contribution is 6.04. The number of carbonyl (C=O) groups excluding carboxylic acids is 3. The van der Waals surface area contributed by atoms with Gasteiger partial charge in [0.05, 0.1) is 18.4 Å². The van der Waals surface area contributed by atoms with Gasteiger partial charge in [-0.1, -0.05) is 6.92 Å². The van der Waals surface area contributed by atoms with Gasteiger partial charge in [0, 0.05) is 18.8 Å². The number of fused-ring (bicyclic) bond motifs is 1. The molecule has 2 heterocycles. The third-order valence-electron chi connectivity index (χ3n) is 4.64. The summed E-state index contributed by atoms with van der Waals surface area (Å²) in [6.07, 6.45) is 3.46. The lowest BCUT2D eigenvalue weighted by molar-refractivity contribution is 0.0600. The summed E-state index contributed by atoms with van der Waals surface area (Å²) < 4.78 is 6.50. The first-order valence-electron chi connectivity index (χ1n) is 9.42. The third kappa shape index (κ3) is 4.05. The first-order valence-corrected chi connectivity index (χ1v) is 9.42. The van der Waals surface area contributed by atoms with Gasteiger partial charge in [-0.25, -0.2) is 9.78 Å². The molecule has 8 heteroatoms. The number of nitrogens with zero attached hydrogens (tertiary/aromatic N) is 2. The highest BCUT2D eigenvalue weighted by atomic mass is 16.5. The van der Waals surface area contributed by atoms with Gasteiger partial charge in [-0.3, -0.25) is 9.59 Å². The molecular formula is C20H24N4O4. The van der Waals surface area contributed by atoms with Gasteiger partial charge in [-0.05, 0) is 49.9 Å². The van der Waals surface area contributed by atoms with E-state index in [0.717, 1.165) is 31.4 Å². The molecule has 1 aromatic heterocycles. The van der Waals surface area contributed by atoms with Gasteiger partial charge in [0.2, 0.25) is 0 Å². The van der Waals surface area contributed by atoms with Gasteiger partial charge >= 0.3 is 5.97 Å². The van der Waals surface area contributed by atoms with Crippen LogP contribution in [-0.4, -0.2) is 41.0 Å². The molecule has 0 spiro atoms. The maximum atomic E-state index is 12.8. The smallest absolute Gasteiger partial charge is 0.337 e. The number of benzene rings is 1. The van der Waals surface area contributed by atoms with E-state index in [9.17, 15) is 14.4 Å². The van der Waals surface area contributed by atoms with Crippen LogP contribution in [0.5, 0.6) is 0 Å². The average Bonchev–Trinajstić information content (AvgIpc) is 3.12. The fraction of sp³-hybridized carbons (Fsp3) is 0.400. The van der Waals surface area contributed by atoms with Crippen molar-refractivity contribution in [1.82, 2.24) is 14.9 Å². The molecule has 0 unspecified atom stereocenters. The van der Waals surface area contributed by atoms with Crippen LogP contribution in [0.3, 0.4) is 0 Å². The summed E-state index contributed by atoms with van der Waals surface area (Å²) in [5.41, 5.74) is 2.07. The Hall–Kier alpha value is -3.16. The van der Waals surface area contributed by atoms with E-state index in [1.807, 2.05) is 11.5 Å². The molecule has 8 nitrogen and oxygen atoms in total. The molecule has 0 bridgehead atoms. The Labute approximate surface area is 163 Å². The fourth-order valence-corrected chi connectivity index (χ4v) is 3.21. The Morgan fingerprint density at radius 2 is 1.89 bits per heavy atom. The molecule has 1 aliphatic heterocycles. The Balaban J connectivity index is 1.82. The van der Waals surface area contributed by atoms with Gasteiger partial charge in [0.1, 0.15) is 5.69 Å². The number of ether oxygens (including phenoxy) is 1. The zero-order valence-electron chi connectivity index (χ0n) is 16.1. The minimum Gasteiger partial charge on any atom is -0.465 e. The minimum atomic E-state index is -0.442. The van der Waals surface area contributed by atoms with Crippen molar-refractivity contribution in [2.75, 3.05) is 19.0 Å². The topological polar surface area (TPSA) is 102 Å². The summed E-state index contributed by atoms with van der Waals surface area (Å²) in [6, 6.07) is 6.40. The zero-order valence-corrected chi connectivity index (χ0v) is 16.1. The van der Waals surface area contributed by atoms with Crippen molar-refractivity contribution < 1.29 is 19.1 Å². The molecule has 0 saturated heterocycles. The van der Waals surface area contributed by atoms with Gasteiger partial charge in [-0.15, -0.1) is 0 Å². The highest BCUT2D eigenvalue weighted by Gasteiger charge is 2.27. The number of imidazole rings is 1. The average molecular weight is 384 g/mol. The molecule has 0 atom stereocenters. The van der Waals surface area contributed by atoms with Crippen molar-refractivity contribution in [3.63, 3.8) is 0 Å². The number of hydrogen-bond donors (Lipinski definition) is 2. The SMILES string of the molecule is CCCNC(=O)c1nc(C(=O)Nc2ccc(C(=O)OC)cc2)n2c1CCCC2. The Morgan fingerprint density at radius 1 is 1.14 bits per heavy atom. The Bertz CT molecular complexity index is 886. The van der Waals surface area contributed by atoms with E-state index in [4.69, 9.17) is 0 Å². The highest BCUT2D eigenvalue weighted by Crippen LogP contribution is 2.22. The second-order valence-electron chi connectivity index (χ2n) is 6.62. The van der Waals surface area contributed by atoms with Crippen LogP contribution < -0.4 is 10.6 Å². The number of methoxy groups -OCH3 is 1. The molecule has 148 valence electrons. The van der Waals surface area contributed by atoms with E-state index in [0.29, 0.717) is 30.0 Å². The van der Waals surface area contributed by atoms with E-state index in [-0.39, 0.29) is 17.6 Å². The Morgan fingerprint density at radius 3 is 2.57 bits per heavy atom. The van der Waals surface area contributed by atoms with Crippen molar-refractivity contribution in [2.24, 2.45) is 0 Å². The lowest BCUT2D eigenvalue weighted by Gasteiger charge is -2.17. The van der Waals surface area contributed by atoms with Crippen LogP contribution in [0, 0.1) is 0 Å². The number of carbonyl (C=O) groups is 3. The molecule has 2 N–H and O–H groups in total. The molecule has 3 rings (SSSR count). The first-order chi connectivity index (χ1) is 13.5. The van der Waals surface area contributed by atoms with Crippen LogP contribution in [0.15, 0.2) is 24.3 Å². The Kier molecular flexibility index (Phi) is 6.08. The van der Waals surface area contributed by atoms with Crippen LogP contribution in [0.1, 0.15) is 63.3 Å². The molecule has 0 radical (unpaired) electrons. The van der Waals surface area contributed by atoms with E-state index >= 15 is 0 Å². The van der Waals surface area contributed by atoms with Crippen LogP contribution in [0.4, 0.5) is 5.69 Å². The van der Waals surface area contributed by atoms with Gasteiger partial charge in [0.15, 0.2) is 5.82 Å². The number of aromatic nitrogens is 2. The molecule has 28 heavy (non-hydrogen) atoms. The fourth-order valence-electron chi connectivity index (χ4n) is 3.21. The summed E-state index contributed by atoms with van der Waals surface area (Å²) >= 11 is 0. The summed E-state index contributed by atoms with van der Waals surface area (Å²) in [6.45, 7) is 3.21. The number of esters is 1. The number of anilines is 1. The zero-order chi connectivity index (χ0) is 20.1. The van der Waals surface area contributed by atoms with Crippen molar-refractivity contribution in [1.29, 1.82) is 0 Å². The van der Waals surface area contributed by atoms with E-state index < -0.39 is 5.97 Å². The summed E-state index contributed by atoms with van der Waals surface area (Å²) in [7, 11) is 1.31. The third-order valence-corrected chi connectivity index (χ3v) is 4.64. The molecule has 1 aromatic carbocycles. The number of rotatable bonds is 6. The molecule has 2 amide bonds. The second-order valence-corrected chi connectivity index (χ2v) is 6.62. The van der Waals surface area contributed by atoms with Crippen LogP contribution in [0.2, 0.25) is 0 Å². The van der Waals surface area contributed by atoms with E-state index in [1.54, 1.807) is 24.3 Å².